The highest BCUT2D eigenvalue weighted by Gasteiger charge is 2.03. The Morgan fingerprint density at radius 1 is 1.03 bits per heavy atom. The number of nitrogens with one attached hydrogen (secondary N) is 2. The normalized spacial score (nSPS) is 12.5. The summed E-state index contributed by atoms with van der Waals surface area (Å²) in [4.78, 5) is 4.56. The van der Waals surface area contributed by atoms with Crippen LogP contribution in [0.5, 0.6) is 0 Å². The van der Waals surface area contributed by atoms with E-state index >= 15 is 0 Å². The van der Waals surface area contributed by atoms with Crippen molar-refractivity contribution in [3.63, 3.8) is 0 Å². The Kier molecular flexibility index (Phi) is 8.65. The van der Waals surface area contributed by atoms with Crippen molar-refractivity contribution in [3.05, 3.63) is 84.2 Å². The van der Waals surface area contributed by atoms with Gasteiger partial charge in [0.15, 0.2) is 5.96 Å². The summed E-state index contributed by atoms with van der Waals surface area (Å²) in [5.74, 6) is 1.90. The summed E-state index contributed by atoms with van der Waals surface area (Å²) < 4.78 is 14.1. The lowest BCUT2D eigenvalue weighted by Gasteiger charge is -2.11. The second-order valence-corrected chi connectivity index (χ2v) is 8.40. The fraction of sp³-hybridized carbons (Fsp3) is 0.304. The summed E-state index contributed by atoms with van der Waals surface area (Å²) in [6, 6.07) is 20.2. The van der Waals surface area contributed by atoms with Crippen molar-refractivity contribution in [2.75, 3.05) is 25.4 Å². The van der Waals surface area contributed by atoms with Gasteiger partial charge in [0.2, 0.25) is 0 Å². The second kappa shape index (κ2) is 11.9. The third kappa shape index (κ3) is 7.15. The molecule has 2 N–H and O–H groups in total. The monoisotopic (exact) mass is 423 g/mol. The summed E-state index contributed by atoms with van der Waals surface area (Å²) in [6.07, 6.45) is 4.60. The number of aliphatic imine (C=N–C) groups is 1. The molecule has 0 fully saturated rings. The molecule has 0 saturated heterocycles. The second-order valence-electron chi connectivity index (χ2n) is 6.83. The van der Waals surface area contributed by atoms with Crippen molar-refractivity contribution in [1.82, 2.24) is 20.4 Å². The van der Waals surface area contributed by atoms with E-state index in [4.69, 9.17) is 0 Å². The summed E-state index contributed by atoms with van der Waals surface area (Å²) in [7, 11) is -0.912. The number of aromatic nitrogens is 2. The zero-order valence-electron chi connectivity index (χ0n) is 17.3. The molecule has 3 rings (SSSR count). The lowest BCUT2D eigenvalue weighted by atomic mass is 10.1. The molecular formula is C23H29N5OS. The highest BCUT2D eigenvalue weighted by molar-refractivity contribution is 7.84. The maximum absolute atomic E-state index is 12.3. The van der Waals surface area contributed by atoms with Crippen LogP contribution in [0.2, 0.25) is 0 Å². The number of benzene rings is 2. The SMILES string of the molecule is CCNC(=NCCS(=O)Cc1ccccc1)NCCc1ccc(-n2cccn2)cc1. The molecule has 7 heteroatoms. The minimum absolute atomic E-state index is 0.535. The maximum Gasteiger partial charge on any atom is 0.191 e. The first kappa shape index (κ1) is 21.8. The molecule has 0 aliphatic carbocycles. The third-order valence-electron chi connectivity index (χ3n) is 4.51. The van der Waals surface area contributed by atoms with Crippen LogP contribution >= 0.6 is 0 Å². The Hall–Kier alpha value is -2.93. The van der Waals surface area contributed by atoms with Gasteiger partial charge in [0.1, 0.15) is 0 Å². The van der Waals surface area contributed by atoms with Gasteiger partial charge in [-0.15, -0.1) is 0 Å². The lowest BCUT2D eigenvalue weighted by Crippen LogP contribution is -2.38. The largest absolute Gasteiger partial charge is 0.357 e. The Morgan fingerprint density at radius 3 is 2.53 bits per heavy atom. The Bertz CT molecular complexity index is 924. The zero-order valence-corrected chi connectivity index (χ0v) is 18.1. The average Bonchev–Trinajstić information content (AvgIpc) is 3.30. The molecule has 1 heterocycles. The van der Waals surface area contributed by atoms with Gasteiger partial charge in [-0.05, 0) is 42.7 Å². The third-order valence-corrected chi connectivity index (χ3v) is 5.81. The summed E-state index contributed by atoms with van der Waals surface area (Å²) in [6.45, 7) is 4.14. The van der Waals surface area contributed by atoms with Crippen LogP contribution in [0.25, 0.3) is 5.69 Å². The van der Waals surface area contributed by atoms with Crippen molar-refractivity contribution in [2.45, 2.75) is 19.1 Å². The number of hydrogen-bond acceptors (Lipinski definition) is 3. The van der Waals surface area contributed by atoms with Gasteiger partial charge in [0.05, 0.1) is 12.2 Å². The van der Waals surface area contributed by atoms with E-state index in [9.17, 15) is 4.21 Å². The quantitative estimate of drug-likeness (QED) is 0.389. The van der Waals surface area contributed by atoms with Crippen LogP contribution in [0.1, 0.15) is 18.1 Å². The standard InChI is InChI=1S/C23H29N5OS/c1-2-24-23(26-16-18-30(29)19-21-7-4-3-5-8-21)25-15-13-20-9-11-22(12-10-20)28-17-6-14-27-28/h3-12,14,17H,2,13,15-16,18-19H2,1H3,(H2,24,25,26). The Balaban J connectivity index is 1.42. The van der Waals surface area contributed by atoms with Gasteiger partial charge in [0, 0.05) is 47.8 Å². The van der Waals surface area contributed by atoms with Crippen molar-refractivity contribution >= 4 is 16.8 Å². The minimum Gasteiger partial charge on any atom is -0.357 e. The minimum atomic E-state index is -0.912. The van der Waals surface area contributed by atoms with Gasteiger partial charge in [0.25, 0.3) is 0 Å². The number of hydrogen-bond donors (Lipinski definition) is 2. The lowest BCUT2D eigenvalue weighted by molar-refractivity contribution is 0.682. The molecule has 158 valence electrons. The van der Waals surface area contributed by atoms with Gasteiger partial charge >= 0.3 is 0 Å². The van der Waals surface area contributed by atoms with Crippen molar-refractivity contribution in [1.29, 1.82) is 0 Å². The van der Waals surface area contributed by atoms with Crippen molar-refractivity contribution in [2.24, 2.45) is 4.99 Å². The molecule has 1 aromatic heterocycles. The molecule has 0 spiro atoms. The van der Waals surface area contributed by atoms with Crippen LogP contribution in [-0.4, -0.2) is 45.3 Å². The first-order valence-corrected chi connectivity index (χ1v) is 11.7. The fourth-order valence-electron chi connectivity index (χ4n) is 3.00. The van der Waals surface area contributed by atoms with Crippen LogP contribution in [0.15, 0.2) is 78.0 Å². The van der Waals surface area contributed by atoms with Crippen molar-refractivity contribution in [3.8, 4) is 5.69 Å². The molecule has 0 saturated carbocycles. The topological polar surface area (TPSA) is 71.3 Å². The molecule has 0 bridgehead atoms. The predicted molar refractivity (Wildman–Crippen MR) is 124 cm³/mol. The molecule has 1 atom stereocenters. The van der Waals surface area contributed by atoms with Crippen LogP contribution in [0, 0.1) is 0 Å². The molecule has 30 heavy (non-hydrogen) atoms. The Labute approximate surface area is 180 Å². The molecule has 0 radical (unpaired) electrons. The van der Waals surface area contributed by atoms with Gasteiger partial charge < -0.3 is 10.6 Å². The molecular weight excluding hydrogens is 394 g/mol. The van der Waals surface area contributed by atoms with Crippen molar-refractivity contribution < 1.29 is 4.21 Å². The molecule has 2 aromatic carbocycles. The van der Waals surface area contributed by atoms with E-state index in [0.717, 1.165) is 36.7 Å². The molecule has 1 unspecified atom stereocenters. The smallest absolute Gasteiger partial charge is 0.191 e. The zero-order chi connectivity index (χ0) is 21.0. The van der Waals surface area contributed by atoms with E-state index in [2.05, 4.69) is 45.0 Å². The first-order valence-electron chi connectivity index (χ1n) is 10.2. The molecule has 3 aromatic rings. The fourth-order valence-corrected chi connectivity index (χ4v) is 4.00. The summed E-state index contributed by atoms with van der Waals surface area (Å²) >= 11 is 0. The van der Waals surface area contributed by atoms with Gasteiger partial charge in [-0.25, -0.2) is 4.68 Å². The van der Waals surface area contributed by atoms with Crippen LogP contribution < -0.4 is 10.6 Å². The van der Waals surface area contributed by atoms with Gasteiger partial charge in [-0.1, -0.05) is 42.5 Å². The molecule has 6 nitrogen and oxygen atoms in total. The van der Waals surface area contributed by atoms with E-state index in [-0.39, 0.29) is 0 Å². The maximum atomic E-state index is 12.3. The van der Waals surface area contributed by atoms with Crippen LogP contribution in [-0.2, 0) is 23.0 Å². The van der Waals surface area contributed by atoms with Crippen LogP contribution in [0.3, 0.4) is 0 Å². The van der Waals surface area contributed by atoms with Gasteiger partial charge in [-0.3, -0.25) is 9.20 Å². The number of nitrogens with zero attached hydrogens (tertiary/aromatic N) is 3. The number of guanidine groups is 1. The van der Waals surface area contributed by atoms with Gasteiger partial charge in [-0.2, -0.15) is 5.10 Å². The van der Waals surface area contributed by atoms with E-state index in [1.165, 1.54) is 5.56 Å². The highest BCUT2D eigenvalue weighted by Crippen LogP contribution is 2.09. The average molecular weight is 424 g/mol. The van der Waals surface area contributed by atoms with E-state index < -0.39 is 10.8 Å². The summed E-state index contributed by atoms with van der Waals surface area (Å²) in [5.41, 5.74) is 3.40. The van der Waals surface area contributed by atoms with E-state index in [0.29, 0.717) is 18.1 Å². The van der Waals surface area contributed by atoms with E-state index in [1.807, 2.05) is 54.2 Å². The highest BCUT2D eigenvalue weighted by atomic mass is 32.2. The van der Waals surface area contributed by atoms with E-state index in [1.54, 1.807) is 6.20 Å². The number of rotatable bonds is 10. The molecule has 0 aliphatic heterocycles. The summed E-state index contributed by atoms with van der Waals surface area (Å²) in [5, 5.41) is 10.9. The molecule has 0 amide bonds. The predicted octanol–water partition coefficient (Wildman–Crippen LogP) is 2.92. The first-order chi connectivity index (χ1) is 14.7. The van der Waals surface area contributed by atoms with Crippen LogP contribution in [0.4, 0.5) is 0 Å². The Morgan fingerprint density at radius 2 is 1.83 bits per heavy atom. The molecule has 0 aliphatic rings.